The fraction of sp³-hybridized carbons (Fsp3) is 0.429. The van der Waals surface area contributed by atoms with E-state index in [4.69, 9.17) is 0 Å². The highest BCUT2D eigenvalue weighted by Crippen LogP contribution is 2.35. The Bertz CT molecular complexity index is 1020. The molecule has 1 aromatic carbocycles. The van der Waals surface area contributed by atoms with Crippen LogP contribution in [0.25, 0.3) is 0 Å². The Balaban J connectivity index is 1.67. The molecule has 28 heavy (non-hydrogen) atoms. The molecule has 2 heterocycles. The van der Waals surface area contributed by atoms with E-state index in [1.165, 1.54) is 10.2 Å². The van der Waals surface area contributed by atoms with Crippen LogP contribution in [0.3, 0.4) is 0 Å². The van der Waals surface area contributed by atoms with Gasteiger partial charge in [0.2, 0.25) is 5.78 Å². The number of hydrogen-bond donors (Lipinski definition) is 0. The zero-order chi connectivity index (χ0) is 19.9. The van der Waals surface area contributed by atoms with Crippen LogP contribution in [0, 0.1) is 6.92 Å². The summed E-state index contributed by atoms with van der Waals surface area (Å²) < 4.78 is 27.5. The van der Waals surface area contributed by atoms with Crippen LogP contribution in [0.4, 0.5) is 0 Å². The molecular weight excluding hydrogens is 376 g/mol. The molecule has 1 aliphatic carbocycles. The van der Waals surface area contributed by atoms with E-state index in [1.54, 1.807) is 35.2 Å². The molecule has 0 N–H and O–H groups in total. The Morgan fingerprint density at radius 2 is 1.68 bits per heavy atom. The lowest BCUT2D eigenvalue weighted by molar-refractivity contribution is -0.144. The number of nitrogens with zero attached hydrogens (tertiary/aromatic N) is 2. The first-order valence-corrected chi connectivity index (χ1v) is 11.2. The molecule has 1 fully saturated rings. The van der Waals surface area contributed by atoms with E-state index in [0.717, 1.165) is 18.4 Å². The number of carbonyl (C=O) groups is 2. The SMILES string of the molecule is Cc1ccc(S(=O)(=O)n2ccc3c2CCCC3C(=O)C(=O)N2CCCC2)cc1. The number of Topliss-reactive ketones (excluding diaryl/α,β-unsaturated/α-hetero) is 1. The van der Waals surface area contributed by atoms with Gasteiger partial charge in [0.1, 0.15) is 0 Å². The van der Waals surface area contributed by atoms with Gasteiger partial charge in [0.25, 0.3) is 15.9 Å². The van der Waals surface area contributed by atoms with Gasteiger partial charge in [-0.05, 0) is 62.8 Å². The fourth-order valence-electron chi connectivity index (χ4n) is 4.21. The van der Waals surface area contributed by atoms with E-state index in [9.17, 15) is 18.0 Å². The molecule has 0 bridgehead atoms. The molecule has 1 unspecified atom stereocenters. The Hall–Kier alpha value is -2.41. The van der Waals surface area contributed by atoms with Gasteiger partial charge in [-0.2, -0.15) is 0 Å². The van der Waals surface area contributed by atoms with Crippen LogP contribution in [-0.4, -0.2) is 42.1 Å². The van der Waals surface area contributed by atoms with Crippen molar-refractivity contribution in [3.63, 3.8) is 0 Å². The normalized spacial score (nSPS) is 19.5. The lowest BCUT2D eigenvalue weighted by Gasteiger charge is -2.24. The van der Waals surface area contributed by atoms with Crippen molar-refractivity contribution in [1.29, 1.82) is 0 Å². The fourth-order valence-corrected chi connectivity index (χ4v) is 5.62. The quantitative estimate of drug-likeness (QED) is 0.740. The Labute approximate surface area is 165 Å². The molecule has 1 aliphatic heterocycles. The number of aromatic nitrogens is 1. The van der Waals surface area contributed by atoms with E-state index < -0.39 is 27.6 Å². The maximum absolute atomic E-state index is 13.1. The van der Waals surface area contributed by atoms with Crippen molar-refractivity contribution in [3.05, 3.63) is 53.3 Å². The highest BCUT2D eigenvalue weighted by atomic mass is 32.2. The largest absolute Gasteiger partial charge is 0.336 e. The second kappa shape index (κ2) is 7.20. The molecule has 0 saturated carbocycles. The molecule has 2 aliphatic rings. The Morgan fingerprint density at radius 1 is 1.00 bits per heavy atom. The highest BCUT2D eigenvalue weighted by Gasteiger charge is 2.36. The van der Waals surface area contributed by atoms with Crippen molar-refractivity contribution >= 4 is 21.7 Å². The predicted molar refractivity (Wildman–Crippen MR) is 105 cm³/mol. The van der Waals surface area contributed by atoms with Gasteiger partial charge in [0.15, 0.2) is 0 Å². The van der Waals surface area contributed by atoms with Crippen LogP contribution in [0.5, 0.6) is 0 Å². The van der Waals surface area contributed by atoms with Gasteiger partial charge in [-0.1, -0.05) is 17.7 Å². The monoisotopic (exact) mass is 400 g/mol. The van der Waals surface area contributed by atoms with Crippen LogP contribution in [-0.2, 0) is 26.0 Å². The third-order valence-electron chi connectivity index (χ3n) is 5.77. The van der Waals surface area contributed by atoms with E-state index in [2.05, 4.69) is 0 Å². The molecule has 0 radical (unpaired) electrons. The average Bonchev–Trinajstić information content (AvgIpc) is 3.37. The molecule has 4 rings (SSSR count). The number of hydrogen-bond acceptors (Lipinski definition) is 4. The first-order chi connectivity index (χ1) is 13.4. The average molecular weight is 401 g/mol. The number of carbonyl (C=O) groups excluding carboxylic acids is 2. The summed E-state index contributed by atoms with van der Waals surface area (Å²) in [7, 11) is -3.73. The third kappa shape index (κ3) is 3.17. The molecule has 2 aromatic rings. The standard InChI is InChI=1S/C21H24N2O4S/c1-15-7-9-16(10-8-15)28(26,27)23-14-11-17-18(5-4-6-19(17)23)20(24)21(25)22-12-2-3-13-22/h7-11,14,18H,2-6,12-13H2,1H3. The summed E-state index contributed by atoms with van der Waals surface area (Å²) in [6.07, 6.45) is 5.23. The summed E-state index contributed by atoms with van der Waals surface area (Å²) in [5.41, 5.74) is 2.29. The van der Waals surface area contributed by atoms with Crippen molar-refractivity contribution in [2.24, 2.45) is 0 Å². The summed E-state index contributed by atoms with van der Waals surface area (Å²) in [4.78, 5) is 27.3. The second-order valence-corrected chi connectivity index (χ2v) is 9.45. The molecule has 1 amide bonds. The number of likely N-dealkylation sites (tertiary alicyclic amines) is 1. The van der Waals surface area contributed by atoms with Crippen LogP contribution in [0.2, 0.25) is 0 Å². The van der Waals surface area contributed by atoms with Gasteiger partial charge >= 0.3 is 0 Å². The summed E-state index contributed by atoms with van der Waals surface area (Å²) in [6.45, 7) is 3.17. The van der Waals surface area contributed by atoms with Gasteiger partial charge in [-0.25, -0.2) is 12.4 Å². The minimum atomic E-state index is -3.73. The molecule has 0 spiro atoms. The lowest BCUT2D eigenvalue weighted by Crippen LogP contribution is -2.38. The molecule has 6 nitrogen and oxygen atoms in total. The summed E-state index contributed by atoms with van der Waals surface area (Å²) in [5.74, 6) is -1.39. The van der Waals surface area contributed by atoms with Gasteiger partial charge in [-0.3, -0.25) is 9.59 Å². The molecular formula is C21H24N2O4S. The number of rotatable bonds is 4. The molecule has 7 heteroatoms. The van der Waals surface area contributed by atoms with Crippen molar-refractivity contribution in [2.45, 2.75) is 49.8 Å². The van der Waals surface area contributed by atoms with Gasteiger partial charge in [0, 0.05) is 25.0 Å². The zero-order valence-electron chi connectivity index (χ0n) is 15.9. The second-order valence-electron chi connectivity index (χ2n) is 7.64. The van der Waals surface area contributed by atoms with E-state index >= 15 is 0 Å². The topological polar surface area (TPSA) is 76.5 Å². The van der Waals surface area contributed by atoms with Crippen LogP contribution in [0.1, 0.15) is 48.4 Å². The molecule has 1 atom stereocenters. The van der Waals surface area contributed by atoms with E-state index in [-0.39, 0.29) is 4.90 Å². The number of aryl methyl sites for hydroxylation is 1. The Kier molecular flexibility index (Phi) is 4.87. The van der Waals surface area contributed by atoms with Crippen molar-refractivity contribution in [1.82, 2.24) is 8.87 Å². The van der Waals surface area contributed by atoms with Crippen LogP contribution < -0.4 is 0 Å². The minimum absolute atomic E-state index is 0.220. The van der Waals surface area contributed by atoms with E-state index in [1.807, 2.05) is 6.92 Å². The first kappa shape index (κ1) is 18.9. The van der Waals surface area contributed by atoms with Gasteiger partial charge in [0.05, 0.1) is 10.8 Å². The number of ketones is 1. The van der Waals surface area contributed by atoms with Crippen molar-refractivity contribution in [3.8, 4) is 0 Å². The summed E-state index contributed by atoms with van der Waals surface area (Å²) in [5, 5.41) is 0. The van der Waals surface area contributed by atoms with Crippen molar-refractivity contribution in [2.75, 3.05) is 13.1 Å². The number of fused-ring (bicyclic) bond motifs is 1. The first-order valence-electron chi connectivity index (χ1n) is 9.75. The third-order valence-corrected chi connectivity index (χ3v) is 7.50. The summed E-state index contributed by atoms with van der Waals surface area (Å²) in [6, 6.07) is 8.42. The van der Waals surface area contributed by atoms with Crippen molar-refractivity contribution < 1.29 is 18.0 Å². The predicted octanol–water partition coefficient (Wildman–Crippen LogP) is 2.64. The van der Waals surface area contributed by atoms with E-state index in [0.29, 0.717) is 43.6 Å². The highest BCUT2D eigenvalue weighted by molar-refractivity contribution is 7.90. The maximum Gasteiger partial charge on any atom is 0.290 e. The number of benzene rings is 1. The van der Waals surface area contributed by atoms with Crippen LogP contribution in [0.15, 0.2) is 41.4 Å². The smallest absolute Gasteiger partial charge is 0.290 e. The van der Waals surface area contributed by atoms with Gasteiger partial charge in [-0.15, -0.1) is 0 Å². The molecule has 1 saturated heterocycles. The maximum atomic E-state index is 13.1. The minimum Gasteiger partial charge on any atom is -0.336 e. The van der Waals surface area contributed by atoms with Gasteiger partial charge < -0.3 is 4.90 Å². The molecule has 148 valence electrons. The zero-order valence-corrected chi connectivity index (χ0v) is 16.7. The lowest BCUT2D eigenvalue weighted by atomic mass is 9.83. The summed E-state index contributed by atoms with van der Waals surface area (Å²) >= 11 is 0. The Morgan fingerprint density at radius 3 is 2.36 bits per heavy atom. The number of amides is 1. The molecule has 1 aromatic heterocycles. The van der Waals surface area contributed by atoms with Crippen LogP contribution >= 0.6 is 0 Å².